The van der Waals surface area contributed by atoms with Gasteiger partial charge in [-0.2, -0.15) is 0 Å². The van der Waals surface area contributed by atoms with Gasteiger partial charge >= 0.3 is 5.97 Å². The Morgan fingerprint density at radius 2 is 2.00 bits per heavy atom. The van der Waals surface area contributed by atoms with Gasteiger partial charge in [-0.25, -0.2) is 4.39 Å². The van der Waals surface area contributed by atoms with E-state index in [1.54, 1.807) is 23.1 Å². The maximum Gasteiger partial charge on any atom is 0.307 e. The molecule has 0 saturated carbocycles. The Labute approximate surface area is 128 Å². The van der Waals surface area contributed by atoms with Crippen LogP contribution in [0.2, 0.25) is 0 Å². The number of carbonyl (C=O) groups is 2. The van der Waals surface area contributed by atoms with Gasteiger partial charge in [0.1, 0.15) is 5.82 Å². The Bertz CT molecular complexity index is 482. The zero-order valence-electron chi connectivity index (χ0n) is 12.3. The van der Waals surface area contributed by atoms with Crippen molar-refractivity contribution in [3.63, 3.8) is 0 Å². The number of rotatable bonds is 8. The molecule has 0 atom stereocenters. The molecule has 0 spiro atoms. The molecule has 0 saturated heterocycles. The number of amides is 1. The molecule has 1 rings (SSSR count). The van der Waals surface area contributed by atoms with Crippen LogP contribution in [0.15, 0.2) is 29.2 Å². The number of halogens is 1. The summed E-state index contributed by atoms with van der Waals surface area (Å²) in [4.78, 5) is 25.3. The lowest BCUT2D eigenvalue weighted by atomic mass is 10.3. The Kier molecular flexibility index (Phi) is 7.82. The Balaban J connectivity index is 2.37. The molecule has 0 aromatic heterocycles. The highest BCUT2D eigenvalue weighted by Gasteiger charge is 2.13. The summed E-state index contributed by atoms with van der Waals surface area (Å²) in [6.45, 7) is 2.76. The standard InChI is InChI=1S/C15H20FNO3S/c1-3-17(10-8-15(19)20-2)14(18)9-11-21-13-7-5-4-6-12(13)16/h4-7H,3,8-11H2,1-2H3. The van der Waals surface area contributed by atoms with Crippen molar-refractivity contribution in [3.05, 3.63) is 30.1 Å². The van der Waals surface area contributed by atoms with E-state index in [2.05, 4.69) is 4.74 Å². The van der Waals surface area contributed by atoms with Crippen LogP contribution in [0.25, 0.3) is 0 Å². The van der Waals surface area contributed by atoms with Crippen molar-refractivity contribution in [1.29, 1.82) is 0 Å². The highest BCUT2D eigenvalue weighted by molar-refractivity contribution is 7.99. The Morgan fingerprint density at radius 1 is 1.29 bits per heavy atom. The molecule has 0 aliphatic rings. The lowest BCUT2D eigenvalue weighted by molar-refractivity contribution is -0.141. The Hall–Kier alpha value is -1.56. The maximum absolute atomic E-state index is 13.4. The minimum atomic E-state index is -0.331. The van der Waals surface area contributed by atoms with Crippen LogP contribution in [-0.4, -0.2) is 42.7 Å². The molecule has 1 aromatic rings. The summed E-state index contributed by atoms with van der Waals surface area (Å²) in [5.74, 6) is -0.130. The van der Waals surface area contributed by atoms with Crippen molar-refractivity contribution in [2.45, 2.75) is 24.7 Å². The zero-order valence-corrected chi connectivity index (χ0v) is 13.1. The summed E-state index contributed by atoms with van der Waals surface area (Å²) in [5.41, 5.74) is 0. The largest absolute Gasteiger partial charge is 0.469 e. The van der Waals surface area contributed by atoms with Gasteiger partial charge in [-0.05, 0) is 19.1 Å². The fourth-order valence-corrected chi connectivity index (χ4v) is 2.63. The van der Waals surface area contributed by atoms with Gasteiger partial charge in [-0.15, -0.1) is 11.8 Å². The second-order valence-corrected chi connectivity index (χ2v) is 5.47. The second-order valence-electron chi connectivity index (χ2n) is 4.33. The van der Waals surface area contributed by atoms with Crippen LogP contribution < -0.4 is 0 Å². The molecule has 0 unspecified atom stereocenters. The number of esters is 1. The van der Waals surface area contributed by atoms with Crippen LogP contribution in [0.3, 0.4) is 0 Å². The summed E-state index contributed by atoms with van der Waals surface area (Å²) in [7, 11) is 1.32. The van der Waals surface area contributed by atoms with Gasteiger partial charge in [0.15, 0.2) is 0 Å². The number of benzene rings is 1. The number of carbonyl (C=O) groups excluding carboxylic acids is 2. The molecule has 0 aliphatic carbocycles. The zero-order chi connectivity index (χ0) is 15.7. The van der Waals surface area contributed by atoms with Crippen LogP contribution in [0.5, 0.6) is 0 Å². The highest BCUT2D eigenvalue weighted by atomic mass is 32.2. The van der Waals surface area contributed by atoms with Gasteiger partial charge in [0.25, 0.3) is 0 Å². The smallest absolute Gasteiger partial charge is 0.307 e. The molecule has 0 aliphatic heterocycles. The summed E-state index contributed by atoms with van der Waals surface area (Å²) < 4.78 is 18.0. The summed E-state index contributed by atoms with van der Waals surface area (Å²) in [5, 5.41) is 0. The number of thioether (sulfide) groups is 1. The highest BCUT2D eigenvalue weighted by Crippen LogP contribution is 2.22. The normalized spacial score (nSPS) is 10.2. The van der Waals surface area contributed by atoms with Crippen molar-refractivity contribution < 1.29 is 18.7 Å². The van der Waals surface area contributed by atoms with Crippen LogP contribution in [0, 0.1) is 5.82 Å². The summed E-state index contributed by atoms with van der Waals surface area (Å²) >= 11 is 1.32. The van der Waals surface area contributed by atoms with Gasteiger partial charge in [0.05, 0.1) is 13.5 Å². The van der Waals surface area contributed by atoms with Gasteiger partial charge in [0.2, 0.25) is 5.91 Å². The summed E-state index contributed by atoms with van der Waals surface area (Å²) in [6.07, 6.45) is 0.505. The van der Waals surface area contributed by atoms with Crippen molar-refractivity contribution >= 4 is 23.6 Å². The minimum absolute atomic E-state index is 0.0368. The molecule has 6 heteroatoms. The molecule has 0 N–H and O–H groups in total. The van der Waals surface area contributed by atoms with Gasteiger partial charge < -0.3 is 9.64 Å². The van der Waals surface area contributed by atoms with E-state index in [0.717, 1.165) is 0 Å². The molecule has 0 radical (unpaired) electrons. The lowest BCUT2D eigenvalue weighted by Gasteiger charge is -2.20. The molecule has 1 amide bonds. The average Bonchev–Trinajstić information content (AvgIpc) is 2.49. The first kappa shape index (κ1) is 17.5. The van der Waals surface area contributed by atoms with Crippen LogP contribution in [-0.2, 0) is 14.3 Å². The van der Waals surface area contributed by atoms with E-state index in [9.17, 15) is 14.0 Å². The fraction of sp³-hybridized carbons (Fsp3) is 0.467. The molecule has 0 bridgehead atoms. The van der Waals surface area contributed by atoms with Crippen molar-refractivity contribution in [1.82, 2.24) is 4.90 Å². The predicted octanol–water partition coefficient (Wildman–Crippen LogP) is 2.72. The van der Waals surface area contributed by atoms with E-state index >= 15 is 0 Å². The molecule has 4 nitrogen and oxygen atoms in total. The van der Waals surface area contributed by atoms with Gasteiger partial charge in [-0.1, -0.05) is 12.1 Å². The van der Waals surface area contributed by atoms with E-state index in [0.29, 0.717) is 30.2 Å². The second kappa shape index (κ2) is 9.39. The third kappa shape index (κ3) is 6.16. The van der Waals surface area contributed by atoms with Crippen LogP contribution >= 0.6 is 11.8 Å². The van der Waals surface area contributed by atoms with E-state index < -0.39 is 0 Å². The fourth-order valence-electron chi connectivity index (χ4n) is 1.76. The number of hydrogen-bond donors (Lipinski definition) is 0. The first-order valence-corrected chi connectivity index (χ1v) is 7.79. The van der Waals surface area contributed by atoms with Crippen LogP contribution in [0.1, 0.15) is 19.8 Å². The average molecular weight is 313 g/mol. The molecule has 0 fully saturated rings. The third-order valence-corrected chi connectivity index (χ3v) is 4.01. The molecule has 1 aromatic carbocycles. The van der Waals surface area contributed by atoms with E-state index in [1.165, 1.54) is 24.9 Å². The lowest BCUT2D eigenvalue weighted by Crippen LogP contribution is -2.33. The minimum Gasteiger partial charge on any atom is -0.469 e. The molecular weight excluding hydrogens is 293 g/mol. The SMILES string of the molecule is CCN(CCC(=O)OC)C(=O)CCSc1ccccc1F. The van der Waals surface area contributed by atoms with Crippen molar-refractivity contribution in [2.24, 2.45) is 0 Å². The quantitative estimate of drug-likeness (QED) is 0.547. The van der Waals surface area contributed by atoms with E-state index in [4.69, 9.17) is 0 Å². The predicted molar refractivity (Wildman–Crippen MR) is 80.6 cm³/mol. The van der Waals surface area contributed by atoms with Crippen molar-refractivity contribution in [3.8, 4) is 0 Å². The van der Waals surface area contributed by atoms with E-state index in [1.807, 2.05) is 6.92 Å². The number of hydrogen-bond acceptors (Lipinski definition) is 4. The number of ether oxygens (including phenoxy) is 1. The van der Waals surface area contributed by atoms with E-state index in [-0.39, 0.29) is 24.1 Å². The molecular formula is C15H20FNO3S. The van der Waals surface area contributed by atoms with Crippen molar-refractivity contribution in [2.75, 3.05) is 26.0 Å². The molecule has 21 heavy (non-hydrogen) atoms. The molecule has 0 heterocycles. The third-order valence-electron chi connectivity index (χ3n) is 2.96. The first-order valence-electron chi connectivity index (χ1n) is 6.80. The number of nitrogens with zero attached hydrogens (tertiary/aromatic N) is 1. The topological polar surface area (TPSA) is 46.6 Å². The van der Waals surface area contributed by atoms with Gasteiger partial charge in [-0.3, -0.25) is 9.59 Å². The Morgan fingerprint density at radius 3 is 2.62 bits per heavy atom. The molecule has 116 valence electrons. The maximum atomic E-state index is 13.4. The summed E-state index contributed by atoms with van der Waals surface area (Å²) in [6, 6.07) is 6.50. The first-order chi connectivity index (χ1) is 10.1. The van der Waals surface area contributed by atoms with Gasteiger partial charge in [0, 0.05) is 30.2 Å². The monoisotopic (exact) mass is 313 g/mol. The van der Waals surface area contributed by atoms with Crippen LogP contribution in [0.4, 0.5) is 4.39 Å². The number of methoxy groups -OCH3 is 1.